The molecule has 0 amide bonds. The molecule has 0 rings (SSSR count). The van der Waals surface area contributed by atoms with Crippen molar-refractivity contribution in [1.29, 1.82) is 0 Å². The summed E-state index contributed by atoms with van der Waals surface area (Å²) in [5.74, 6) is -0.808. The van der Waals surface area contributed by atoms with E-state index in [1.165, 1.54) is 103 Å². The van der Waals surface area contributed by atoms with Crippen molar-refractivity contribution in [3.63, 3.8) is 0 Å². The number of nitrogens with zero attached hydrogens (tertiary/aromatic N) is 1. The summed E-state index contributed by atoms with van der Waals surface area (Å²) in [6.45, 7) is 4.41. The molecule has 0 saturated heterocycles. The molecule has 9 nitrogen and oxygen atoms in total. The van der Waals surface area contributed by atoms with Gasteiger partial charge >= 0.3 is 19.8 Å². The summed E-state index contributed by atoms with van der Waals surface area (Å²) < 4.78 is 34.3. The number of hydrogen-bond donors (Lipinski definition) is 1. The van der Waals surface area contributed by atoms with Gasteiger partial charge in [-0.05, 0) is 51.4 Å². The monoisotopic (exact) mass is 841 g/mol. The van der Waals surface area contributed by atoms with Crippen LogP contribution in [-0.2, 0) is 32.7 Å². The minimum Gasteiger partial charge on any atom is -0.462 e. The summed E-state index contributed by atoms with van der Waals surface area (Å²) in [7, 11) is 1.47. The Morgan fingerprint density at radius 1 is 0.534 bits per heavy atom. The van der Waals surface area contributed by atoms with Crippen LogP contribution in [-0.4, -0.2) is 74.9 Å². The SMILES string of the molecule is CCCCCCC/C=C\C/C=C\C/C=C\CCCCCCCCC(=O)OC(COC(=O)CCCCCCCCCCCCCCC)COP(=O)(O)OCC[N+](C)(C)C. The maximum atomic E-state index is 12.7. The lowest BCUT2D eigenvalue weighted by Crippen LogP contribution is -2.37. The van der Waals surface area contributed by atoms with Gasteiger partial charge in [-0.1, -0.05) is 179 Å². The molecule has 0 aromatic carbocycles. The molecular weight excluding hydrogens is 750 g/mol. The van der Waals surface area contributed by atoms with Crippen LogP contribution in [0.4, 0.5) is 0 Å². The van der Waals surface area contributed by atoms with Crippen LogP contribution in [0.15, 0.2) is 36.5 Å². The van der Waals surface area contributed by atoms with Crippen LogP contribution >= 0.6 is 7.82 Å². The highest BCUT2D eigenvalue weighted by Crippen LogP contribution is 2.43. The number of ether oxygens (including phenoxy) is 2. The summed E-state index contributed by atoms with van der Waals surface area (Å²) in [6, 6.07) is 0. The second kappa shape index (κ2) is 40.6. The van der Waals surface area contributed by atoms with Crippen molar-refractivity contribution in [3.8, 4) is 0 Å². The van der Waals surface area contributed by atoms with Gasteiger partial charge in [-0.3, -0.25) is 18.6 Å². The third kappa shape index (κ3) is 43.8. The molecule has 0 heterocycles. The lowest BCUT2D eigenvalue weighted by Gasteiger charge is -2.24. The Labute approximate surface area is 357 Å². The molecule has 0 spiro atoms. The van der Waals surface area contributed by atoms with Crippen molar-refractivity contribution in [2.45, 2.75) is 213 Å². The van der Waals surface area contributed by atoms with E-state index in [1.807, 2.05) is 21.1 Å². The number of phosphoric acid groups is 1. The van der Waals surface area contributed by atoms with Crippen LogP contribution in [0, 0.1) is 0 Å². The predicted octanol–water partition coefficient (Wildman–Crippen LogP) is 13.7. The molecule has 2 unspecified atom stereocenters. The second-order valence-electron chi connectivity index (χ2n) is 17.1. The average Bonchev–Trinajstić information content (AvgIpc) is 3.17. The summed E-state index contributed by atoms with van der Waals surface area (Å²) in [5.41, 5.74) is 0. The Morgan fingerprint density at radius 3 is 1.38 bits per heavy atom. The van der Waals surface area contributed by atoms with Gasteiger partial charge in [0.15, 0.2) is 6.10 Å². The van der Waals surface area contributed by atoms with Gasteiger partial charge in [-0.25, -0.2) is 4.57 Å². The topological polar surface area (TPSA) is 108 Å². The van der Waals surface area contributed by atoms with E-state index in [1.54, 1.807) is 0 Å². The van der Waals surface area contributed by atoms with Gasteiger partial charge in [0.25, 0.3) is 0 Å². The average molecular weight is 841 g/mol. The molecule has 0 aliphatic heterocycles. The van der Waals surface area contributed by atoms with Crippen LogP contribution in [0.2, 0.25) is 0 Å². The molecule has 0 radical (unpaired) electrons. The summed E-state index contributed by atoms with van der Waals surface area (Å²) in [6.07, 6.45) is 46.1. The Balaban J connectivity index is 4.32. The number of likely N-dealkylation sites (N-methyl/N-ethyl adjacent to an activating group) is 1. The van der Waals surface area contributed by atoms with Crippen molar-refractivity contribution in [1.82, 2.24) is 0 Å². The minimum atomic E-state index is -4.38. The number of rotatable bonds is 43. The third-order valence-electron chi connectivity index (χ3n) is 10.2. The maximum Gasteiger partial charge on any atom is 0.472 e. The van der Waals surface area contributed by atoms with Gasteiger partial charge in [0.1, 0.15) is 19.8 Å². The molecule has 0 bridgehead atoms. The molecule has 0 aromatic rings. The minimum absolute atomic E-state index is 0.0296. The Hall–Kier alpha value is -1.77. The van der Waals surface area contributed by atoms with E-state index in [9.17, 15) is 19.0 Å². The number of carbonyl (C=O) groups excluding carboxylic acids is 2. The fourth-order valence-corrected chi connectivity index (χ4v) is 7.17. The van der Waals surface area contributed by atoms with Crippen molar-refractivity contribution in [2.75, 3.05) is 47.5 Å². The molecular formula is C48H91NO8P+. The highest BCUT2D eigenvalue weighted by Gasteiger charge is 2.27. The first-order valence-electron chi connectivity index (χ1n) is 23.7. The smallest absolute Gasteiger partial charge is 0.462 e. The van der Waals surface area contributed by atoms with Crippen molar-refractivity contribution in [3.05, 3.63) is 36.5 Å². The van der Waals surface area contributed by atoms with Gasteiger partial charge in [0.05, 0.1) is 27.7 Å². The van der Waals surface area contributed by atoms with Gasteiger partial charge in [0, 0.05) is 12.8 Å². The van der Waals surface area contributed by atoms with E-state index in [0.29, 0.717) is 17.4 Å². The number of quaternary nitrogens is 1. The Morgan fingerprint density at radius 2 is 0.931 bits per heavy atom. The predicted molar refractivity (Wildman–Crippen MR) is 243 cm³/mol. The van der Waals surface area contributed by atoms with E-state index >= 15 is 0 Å². The van der Waals surface area contributed by atoms with Crippen LogP contribution in [0.1, 0.15) is 206 Å². The fraction of sp³-hybridized carbons (Fsp3) is 0.833. The third-order valence-corrected chi connectivity index (χ3v) is 11.2. The number of phosphoric ester groups is 1. The van der Waals surface area contributed by atoms with Gasteiger partial charge in [-0.2, -0.15) is 0 Å². The molecule has 0 aliphatic rings. The molecule has 340 valence electrons. The van der Waals surface area contributed by atoms with Crippen LogP contribution in [0.25, 0.3) is 0 Å². The van der Waals surface area contributed by atoms with Crippen molar-refractivity contribution >= 4 is 19.8 Å². The van der Waals surface area contributed by atoms with E-state index in [2.05, 4.69) is 50.3 Å². The molecule has 0 saturated carbocycles. The number of esters is 2. The quantitative estimate of drug-likeness (QED) is 0.0213. The molecule has 0 aliphatic carbocycles. The zero-order valence-corrected chi connectivity index (χ0v) is 39.2. The van der Waals surface area contributed by atoms with Gasteiger partial charge in [-0.15, -0.1) is 0 Å². The fourth-order valence-electron chi connectivity index (χ4n) is 6.43. The zero-order chi connectivity index (χ0) is 42.8. The molecule has 1 N–H and O–H groups in total. The zero-order valence-electron chi connectivity index (χ0n) is 38.3. The summed E-state index contributed by atoms with van der Waals surface area (Å²) in [5, 5.41) is 0. The van der Waals surface area contributed by atoms with Crippen LogP contribution in [0.5, 0.6) is 0 Å². The maximum absolute atomic E-state index is 12.7. The highest BCUT2D eigenvalue weighted by molar-refractivity contribution is 7.47. The van der Waals surface area contributed by atoms with Crippen LogP contribution < -0.4 is 0 Å². The van der Waals surface area contributed by atoms with Gasteiger partial charge < -0.3 is 18.9 Å². The first kappa shape index (κ1) is 56.2. The van der Waals surface area contributed by atoms with Gasteiger partial charge in [0.2, 0.25) is 0 Å². The van der Waals surface area contributed by atoms with E-state index < -0.39 is 26.5 Å². The van der Waals surface area contributed by atoms with E-state index in [-0.39, 0.29) is 32.0 Å². The normalized spacial score (nSPS) is 13.8. The standard InChI is InChI=1S/C48H90NO8P/c1-6-8-10-12-14-16-18-20-21-22-23-24-25-26-27-29-31-33-35-37-39-41-48(51)57-46(45-56-58(52,53)55-43-42-49(3,4)5)44-54-47(50)40-38-36-34-32-30-28-19-17-15-13-11-9-7-2/h18,20,22-23,25-26,46H,6-17,19,21,24,27-45H2,1-5H3/p+1/b20-18-,23-22-,26-25-. The first-order chi connectivity index (χ1) is 28.0. The molecule has 0 aromatic heterocycles. The van der Waals surface area contributed by atoms with Crippen LogP contribution in [0.3, 0.4) is 0 Å². The van der Waals surface area contributed by atoms with E-state index in [0.717, 1.165) is 70.6 Å². The molecule has 2 atom stereocenters. The first-order valence-corrected chi connectivity index (χ1v) is 25.2. The molecule has 0 fully saturated rings. The largest absolute Gasteiger partial charge is 0.472 e. The molecule has 10 heteroatoms. The summed E-state index contributed by atoms with van der Waals surface area (Å²) in [4.78, 5) is 35.4. The number of allylic oxidation sites excluding steroid dienone is 6. The molecule has 58 heavy (non-hydrogen) atoms. The Kier molecular flexibility index (Phi) is 39.4. The van der Waals surface area contributed by atoms with Crippen molar-refractivity contribution < 1.29 is 42.1 Å². The number of hydrogen-bond acceptors (Lipinski definition) is 7. The van der Waals surface area contributed by atoms with E-state index in [4.69, 9.17) is 18.5 Å². The van der Waals surface area contributed by atoms with Crippen molar-refractivity contribution in [2.24, 2.45) is 0 Å². The Bertz CT molecular complexity index is 1090. The number of carbonyl (C=O) groups is 2. The summed E-state index contributed by atoms with van der Waals surface area (Å²) >= 11 is 0. The highest BCUT2D eigenvalue weighted by atomic mass is 31.2. The second-order valence-corrected chi connectivity index (χ2v) is 18.6. The number of unbranched alkanes of at least 4 members (excludes halogenated alkanes) is 23. The lowest BCUT2D eigenvalue weighted by molar-refractivity contribution is -0.870. The lowest BCUT2D eigenvalue weighted by atomic mass is 10.0.